The minimum Gasteiger partial charge on any atom is -0.356 e. The molecule has 6 heteroatoms. The minimum atomic E-state index is -0.427. The summed E-state index contributed by atoms with van der Waals surface area (Å²) in [7, 11) is 0. The Hall–Kier alpha value is -2.40. The number of carbonyl (C=O) groups excluding carboxylic acids is 1. The van der Waals surface area contributed by atoms with Crippen LogP contribution in [0.15, 0.2) is 48.5 Å². The molecule has 24 heavy (non-hydrogen) atoms. The molecule has 0 aliphatic carbocycles. The molecule has 0 saturated heterocycles. The van der Waals surface area contributed by atoms with Crippen molar-refractivity contribution in [3.8, 4) is 0 Å². The van der Waals surface area contributed by atoms with Crippen LogP contribution in [0.4, 0.5) is 5.69 Å². The van der Waals surface area contributed by atoms with Crippen LogP contribution >= 0.6 is 11.6 Å². The van der Waals surface area contributed by atoms with E-state index in [1.165, 1.54) is 12.1 Å². The molecule has 5 nitrogen and oxygen atoms in total. The molecule has 0 aliphatic heterocycles. The molecule has 126 valence electrons. The Morgan fingerprint density at radius 3 is 2.29 bits per heavy atom. The molecule has 2 rings (SSSR count). The molecule has 1 atom stereocenters. The molecule has 0 fully saturated rings. The highest BCUT2D eigenvalue weighted by molar-refractivity contribution is 6.30. The Balaban J connectivity index is 1.77. The van der Waals surface area contributed by atoms with Crippen molar-refractivity contribution in [2.24, 2.45) is 5.92 Å². The van der Waals surface area contributed by atoms with E-state index in [2.05, 4.69) is 5.32 Å². The summed E-state index contributed by atoms with van der Waals surface area (Å²) in [5, 5.41) is 14.2. The van der Waals surface area contributed by atoms with Crippen LogP contribution in [0.3, 0.4) is 0 Å². The van der Waals surface area contributed by atoms with Crippen LogP contribution < -0.4 is 5.32 Å². The number of nitrogens with one attached hydrogen (secondary N) is 1. The Labute approximate surface area is 145 Å². The van der Waals surface area contributed by atoms with Crippen LogP contribution in [0, 0.1) is 16.0 Å². The molecule has 0 aromatic heterocycles. The van der Waals surface area contributed by atoms with Crippen molar-refractivity contribution >= 4 is 23.2 Å². The predicted octanol–water partition coefficient (Wildman–Crippen LogP) is 3.79. The Morgan fingerprint density at radius 2 is 1.71 bits per heavy atom. The van der Waals surface area contributed by atoms with E-state index in [0.717, 1.165) is 11.1 Å². The largest absolute Gasteiger partial charge is 0.356 e. The standard InChI is InChI=1S/C18H19ClN2O3/c1-13(12-15-2-6-16(19)7-3-15)18(22)20-11-10-14-4-8-17(9-5-14)21(23)24/h2-9,13H,10-12H2,1H3,(H,20,22). The van der Waals surface area contributed by atoms with Crippen LogP contribution in [-0.4, -0.2) is 17.4 Å². The normalized spacial score (nSPS) is 11.8. The second kappa shape index (κ2) is 8.45. The number of benzene rings is 2. The van der Waals surface area contributed by atoms with Crippen molar-refractivity contribution in [2.75, 3.05) is 6.54 Å². The van der Waals surface area contributed by atoms with E-state index in [1.807, 2.05) is 31.2 Å². The molecule has 1 N–H and O–H groups in total. The summed E-state index contributed by atoms with van der Waals surface area (Å²) in [4.78, 5) is 22.3. The van der Waals surface area contributed by atoms with Gasteiger partial charge in [-0.25, -0.2) is 0 Å². The highest BCUT2D eigenvalue weighted by Gasteiger charge is 2.13. The summed E-state index contributed by atoms with van der Waals surface area (Å²) >= 11 is 5.85. The van der Waals surface area contributed by atoms with Gasteiger partial charge in [0.15, 0.2) is 0 Å². The smallest absolute Gasteiger partial charge is 0.269 e. The summed E-state index contributed by atoms with van der Waals surface area (Å²) in [6.45, 7) is 2.39. The fourth-order valence-corrected chi connectivity index (χ4v) is 2.48. The monoisotopic (exact) mass is 346 g/mol. The fraction of sp³-hybridized carbons (Fsp3) is 0.278. The lowest BCUT2D eigenvalue weighted by Gasteiger charge is -2.12. The summed E-state index contributed by atoms with van der Waals surface area (Å²) in [6, 6.07) is 13.8. The van der Waals surface area contributed by atoms with Gasteiger partial charge in [-0.3, -0.25) is 14.9 Å². The molecule has 0 heterocycles. The van der Waals surface area contributed by atoms with Gasteiger partial charge in [0, 0.05) is 29.6 Å². The minimum absolute atomic E-state index is 0.00754. The number of amides is 1. The zero-order valence-corrected chi connectivity index (χ0v) is 14.1. The van der Waals surface area contributed by atoms with Gasteiger partial charge in [0.2, 0.25) is 5.91 Å². The van der Waals surface area contributed by atoms with E-state index in [4.69, 9.17) is 11.6 Å². The number of hydrogen-bond donors (Lipinski definition) is 1. The molecule has 0 bridgehead atoms. The fourth-order valence-electron chi connectivity index (χ4n) is 2.36. The molecule has 2 aromatic rings. The SMILES string of the molecule is CC(Cc1ccc(Cl)cc1)C(=O)NCCc1ccc([N+](=O)[O-])cc1. The second-order valence-corrected chi connectivity index (χ2v) is 6.13. The second-order valence-electron chi connectivity index (χ2n) is 5.70. The van der Waals surface area contributed by atoms with Gasteiger partial charge in [-0.1, -0.05) is 42.8 Å². The summed E-state index contributed by atoms with van der Waals surface area (Å²) < 4.78 is 0. The highest BCUT2D eigenvalue weighted by atomic mass is 35.5. The number of non-ortho nitro benzene ring substituents is 1. The van der Waals surface area contributed by atoms with E-state index in [0.29, 0.717) is 24.4 Å². The molecule has 2 aromatic carbocycles. The Morgan fingerprint density at radius 1 is 1.12 bits per heavy atom. The number of carbonyl (C=O) groups is 1. The van der Waals surface area contributed by atoms with E-state index in [1.54, 1.807) is 12.1 Å². The third-order valence-corrected chi connectivity index (χ3v) is 4.01. The zero-order valence-electron chi connectivity index (χ0n) is 13.4. The molecule has 0 spiro atoms. The summed E-state index contributed by atoms with van der Waals surface area (Å²) in [5.74, 6) is -0.144. The van der Waals surface area contributed by atoms with Gasteiger partial charge in [0.25, 0.3) is 5.69 Å². The van der Waals surface area contributed by atoms with Crippen LogP contribution in [0.1, 0.15) is 18.1 Å². The quantitative estimate of drug-likeness (QED) is 0.612. The van der Waals surface area contributed by atoms with E-state index < -0.39 is 4.92 Å². The van der Waals surface area contributed by atoms with Gasteiger partial charge in [-0.05, 0) is 36.1 Å². The average Bonchev–Trinajstić information content (AvgIpc) is 2.57. The molecular formula is C18H19ClN2O3. The third-order valence-electron chi connectivity index (χ3n) is 3.76. The van der Waals surface area contributed by atoms with Crippen molar-refractivity contribution in [1.29, 1.82) is 0 Å². The maximum absolute atomic E-state index is 12.1. The molecule has 1 amide bonds. The number of nitro groups is 1. The lowest BCUT2D eigenvalue weighted by molar-refractivity contribution is -0.384. The van der Waals surface area contributed by atoms with Gasteiger partial charge in [0.05, 0.1) is 4.92 Å². The van der Waals surface area contributed by atoms with E-state index in [-0.39, 0.29) is 17.5 Å². The number of rotatable bonds is 7. The first kappa shape index (κ1) is 17.9. The maximum Gasteiger partial charge on any atom is 0.269 e. The Bertz CT molecular complexity index is 699. The van der Waals surface area contributed by atoms with Crippen LogP contribution in [0.25, 0.3) is 0 Å². The first-order valence-corrected chi connectivity index (χ1v) is 8.09. The first-order chi connectivity index (χ1) is 11.5. The van der Waals surface area contributed by atoms with E-state index >= 15 is 0 Å². The molecular weight excluding hydrogens is 328 g/mol. The van der Waals surface area contributed by atoms with Crippen LogP contribution in [-0.2, 0) is 17.6 Å². The summed E-state index contributed by atoms with van der Waals surface area (Å²) in [6.07, 6.45) is 1.29. The highest BCUT2D eigenvalue weighted by Crippen LogP contribution is 2.14. The van der Waals surface area contributed by atoms with Gasteiger partial charge in [-0.2, -0.15) is 0 Å². The van der Waals surface area contributed by atoms with Crippen molar-refractivity contribution in [1.82, 2.24) is 5.32 Å². The maximum atomic E-state index is 12.1. The van der Waals surface area contributed by atoms with E-state index in [9.17, 15) is 14.9 Å². The lowest BCUT2D eigenvalue weighted by Crippen LogP contribution is -2.31. The molecule has 0 aliphatic rings. The molecule has 1 unspecified atom stereocenters. The Kier molecular flexibility index (Phi) is 6.32. The number of hydrogen-bond acceptors (Lipinski definition) is 3. The van der Waals surface area contributed by atoms with Crippen molar-refractivity contribution in [3.05, 3.63) is 74.8 Å². The number of nitrogens with zero attached hydrogens (tertiary/aromatic N) is 1. The van der Waals surface area contributed by atoms with Gasteiger partial charge in [-0.15, -0.1) is 0 Å². The average molecular weight is 347 g/mol. The van der Waals surface area contributed by atoms with Gasteiger partial charge >= 0.3 is 0 Å². The van der Waals surface area contributed by atoms with Crippen LogP contribution in [0.5, 0.6) is 0 Å². The van der Waals surface area contributed by atoms with Gasteiger partial charge in [0.1, 0.15) is 0 Å². The molecule has 0 saturated carbocycles. The summed E-state index contributed by atoms with van der Waals surface area (Å²) in [5.41, 5.74) is 2.09. The zero-order chi connectivity index (χ0) is 17.5. The molecule has 0 radical (unpaired) electrons. The topological polar surface area (TPSA) is 72.2 Å². The number of nitro benzene ring substituents is 1. The first-order valence-electron chi connectivity index (χ1n) is 7.71. The van der Waals surface area contributed by atoms with Crippen molar-refractivity contribution in [3.63, 3.8) is 0 Å². The lowest BCUT2D eigenvalue weighted by atomic mass is 10.0. The van der Waals surface area contributed by atoms with Crippen molar-refractivity contribution in [2.45, 2.75) is 19.8 Å². The van der Waals surface area contributed by atoms with Crippen LogP contribution in [0.2, 0.25) is 5.02 Å². The van der Waals surface area contributed by atoms with Crippen molar-refractivity contribution < 1.29 is 9.72 Å². The predicted molar refractivity (Wildman–Crippen MR) is 94.1 cm³/mol. The number of halogens is 1. The third kappa shape index (κ3) is 5.35. The van der Waals surface area contributed by atoms with Gasteiger partial charge < -0.3 is 5.32 Å².